The van der Waals surface area contributed by atoms with Crippen molar-refractivity contribution in [2.45, 2.75) is 25.9 Å². The second-order valence-electron chi connectivity index (χ2n) is 5.48. The Morgan fingerprint density at radius 1 is 1.33 bits per heavy atom. The Hall–Kier alpha value is -0.680. The fraction of sp³-hybridized carbons (Fsp3) is 0.600. The first kappa shape index (κ1) is 16.7. The summed E-state index contributed by atoms with van der Waals surface area (Å²) in [4.78, 5) is 2.46. The minimum atomic E-state index is 0. The van der Waals surface area contributed by atoms with E-state index in [1.807, 2.05) is 6.07 Å². The van der Waals surface area contributed by atoms with Crippen molar-refractivity contribution in [1.29, 1.82) is 0 Å². The van der Waals surface area contributed by atoms with Crippen molar-refractivity contribution in [2.75, 3.05) is 32.8 Å². The fourth-order valence-electron chi connectivity index (χ4n) is 2.73. The van der Waals surface area contributed by atoms with Crippen LogP contribution in [0, 0.1) is 0 Å². The summed E-state index contributed by atoms with van der Waals surface area (Å²) in [6.07, 6.45) is 0.898. The minimum Gasteiger partial charge on any atom is -0.489 e. The average Bonchev–Trinajstić information content (AvgIpc) is 2.67. The highest BCUT2D eigenvalue weighted by Crippen LogP contribution is 2.38. The third kappa shape index (κ3) is 3.95. The average molecular weight is 333 g/mol. The number of piperazine rings is 1. The van der Waals surface area contributed by atoms with Crippen molar-refractivity contribution < 1.29 is 9.47 Å². The van der Waals surface area contributed by atoms with Crippen LogP contribution in [0.5, 0.6) is 11.5 Å². The molecular weight excluding hydrogens is 311 g/mol. The molecule has 1 aromatic rings. The van der Waals surface area contributed by atoms with Gasteiger partial charge in [-0.05, 0) is 24.6 Å². The zero-order chi connectivity index (χ0) is 13.9. The van der Waals surface area contributed by atoms with Gasteiger partial charge in [-0.15, -0.1) is 12.4 Å². The van der Waals surface area contributed by atoms with E-state index in [0.29, 0.717) is 30.0 Å². The molecule has 0 aliphatic carbocycles. The molecule has 4 nitrogen and oxygen atoms in total. The zero-order valence-electron chi connectivity index (χ0n) is 12.2. The van der Waals surface area contributed by atoms with Crippen molar-refractivity contribution in [3.8, 4) is 11.5 Å². The molecule has 21 heavy (non-hydrogen) atoms. The second-order valence-corrected chi connectivity index (χ2v) is 5.89. The van der Waals surface area contributed by atoms with Crippen molar-refractivity contribution in [3.05, 3.63) is 22.7 Å². The third-order valence-corrected chi connectivity index (χ3v) is 4.17. The summed E-state index contributed by atoms with van der Waals surface area (Å²) in [5.74, 6) is 1.48. The highest BCUT2D eigenvalue weighted by molar-refractivity contribution is 6.32. The Labute approximate surface area is 137 Å². The number of fused-ring (bicyclic) bond motifs is 1. The number of rotatable bonds is 2. The zero-order valence-corrected chi connectivity index (χ0v) is 13.8. The van der Waals surface area contributed by atoms with Crippen LogP contribution in [0.25, 0.3) is 0 Å². The van der Waals surface area contributed by atoms with Gasteiger partial charge in [0, 0.05) is 38.6 Å². The normalized spacial score (nSPS) is 22.3. The standard InChI is InChI=1S/C15H21ClN2O2.ClH/c1-11-9-17-3-4-18(11)10-12-7-13(16)15-14(8-12)19-5-2-6-20-15;/h7-8,11,17H,2-6,9-10H2,1H3;1H/t11-;/m1./s1. The van der Waals surface area contributed by atoms with Gasteiger partial charge in [0.1, 0.15) is 0 Å². The van der Waals surface area contributed by atoms with E-state index >= 15 is 0 Å². The van der Waals surface area contributed by atoms with Crippen LogP contribution < -0.4 is 14.8 Å². The van der Waals surface area contributed by atoms with E-state index in [9.17, 15) is 0 Å². The maximum absolute atomic E-state index is 6.34. The molecule has 0 aromatic heterocycles. The van der Waals surface area contributed by atoms with E-state index in [-0.39, 0.29) is 12.4 Å². The van der Waals surface area contributed by atoms with Crippen LogP contribution in [-0.2, 0) is 6.54 Å². The first-order chi connectivity index (χ1) is 9.74. The molecule has 6 heteroatoms. The Bertz CT molecular complexity index is 485. The van der Waals surface area contributed by atoms with Crippen LogP contribution in [0.15, 0.2) is 12.1 Å². The molecule has 1 saturated heterocycles. The number of ether oxygens (including phenoxy) is 2. The Morgan fingerprint density at radius 2 is 2.14 bits per heavy atom. The van der Waals surface area contributed by atoms with Gasteiger partial charge in [0.15, 0.2) is 11.5 Å². The first-order valence-corrected chi connectivity index (χ1v) is 7.64. The molecule has 0 unspecified atom stereocenters. The number of halogens is 2. The Morgan fingerprint density at radius 3 is 2.95 bits per heavy atom. The maximum atomic E-state index is 6.34. The molecule has 1 fully saturated rings. The van der Waals surface area contributed by atoms with Gasteiger partial charge in [0.25, 0.3) is 0 Å². The van der Waals surface area contributed by atoms with Gasteiger partial charge < -0.3 is 14.8 Å². The summed E-state index contributed by atoms with van der Waals surface area (Å²) in [6.45, 7) is 7.65. The molecule has 3 rings (SSSR count). The topological polar surface area (TPSA) is 33.7 Å². The largest absolute Gasteiger partial charge is 0.489 e. The smallest absolute Gasteiger partial charge is 0.179 e. The second kappa shape index (κ2) is 7.54. The SMILES string of the molecule is C[C@@H]1CNCCN1Cc1cc(Cl)c2c(c1)OCCCO2.Cl. The van der Waals surface area contributed by atoms with E-state index in [1.54, 1.807) is 0 Å². The lowest BCUT2D eigenvalue weighted by Gasteiger charge is -2.34. The molecular formula is C15H22Cl2N2O2. The van der Waals surface area contributed by atoms with Gasteiger partial charge in [-0.1, -0.05) is 11.6 Å². The lowest BCUT2D eigenvalue weighted by molar-refractivity contribution is 0.165. The van der Waals surface area contributed by atoms with Crippen molar-refractivity contribution in [2.24, 2.45) is 0 Å². The quantitative estimate of drug-likeness (QED) is 0.902. The molecule has 0 amide bonds. The number of benzene rings is 1. The molecule has 2 aliphatic heterocycles. The van der Waals surface area contributed by atoms with Crippen LogP contribution in [0.2, 0.25) is 5.02 Å². The van der Waals surface area contributed by atoms with Crippen LogP contribution in [-0.4, -0.2) is 43.8 Å². The van der Waals surface area contributed by atoms with E-state index in [0.717, 1.165) is 38.3 Å². The number of hydrogen-bond donors (Lipinski definition) is 1. The van der Waals surface area contributed by atoms with Gasteiger partial charge in [0.05, 0.1) is 18.2 Å². The van der Waals surface area contributed by atoms with Crippen molar-refractivity contribution in [1.82, 2.24) is 10.2 Å². The summed E-state index contributed by atoms with van der Waals surface area (Å²) in [5, 5.41) is 4.06. The molecule has 1 N–H and O–H groups in total. The van der Waals surface area contributed by atoms with Gasteiger partial charge in [0.2, 0.25) is 0 Å². The highest BCUT2D eigenvalue weighted by atomic mass is 35.5. The molecule has 0 bridgehead atoms. The molecule has 118 valence electrons. The third-order valence-electron chi connectivity index (χ3n) is 3.89. The molecule has 1 atom stereocenters. The van der Waals surface area contributed by atoms with Gasteiger partial charge in [-0.25, -0.2) is 0 Å². The van der Waals surface area contributed by atoms with Crippen LogP contribution in [0.4, 0.5) is 0 Å². The van der Waals surface area contributed by atoms with Crippen LogP contribution >= 0.6 is 24.0 Å². The van der Waals surface area contributed by atoms with Gasteiger partial charge >= 0.3 is 0 Å². The summed E-state index contributed by atoms with van der Waals surface area (Å²) < 4.78 is 11.4. The van der Waals surface area contributed by atoms with E-state index < -0.39 is 0 Å². The van der Waals surface area contributed by atoms with Crippen LogP contribution in [0.3, 0.4) is 0 Å². The lowest BCUT2D eigenvalue weighted by atomic mass is 10.1. The summed E-state index contributed by atoms with van der Waals surface area (Å²) in [7, 11) is 0. The first-order valence-electron chi connectivity index (χ1n) is 7.27. The molecule has 1 aromatic carbocycles. The summed E-state index contributed by atoms with van der Waals surface area (Å²) >= 11 is 6.34. The maximum Gasteiger partial charge on any atom is 0.179 e. The fourth-order valence-corrected chi connectivity index (χ4v) is 3.02. The number of hydrogen-bond acceptors (Lipinski definition) is 4. The molecule has 0 radical (unpaired) electrons. The Balaban J connectivity index is 0.00000161. The van der Waals surface area contributed by atoms with E-state index in [2.05, 4.69) is 23.2 Å². The predicted molar refractivity (Wildman–Crippen MR) is 87.0 cm³/mol. The van der Waals surface area contributed by atoms with E-state index in [1.165, 1.54) is 5.56 Å². The molecule has 0 saturated carbocycles. The monoisotopic (exact) mass is 332 g/mol. The van der Waals surface area contributed by atoms with Crippen LogP contribution in [0.1, 0.15) is 18.9 Å². The lowest BCUT2D eigenvalue weighted by Crippen LogP contribution is -2.49. The van der Waals surface area contributed by atoms with Crippen molar-refractivity contribution in [3.63, 3.8) is 0 Å². The molecule has 2 heterocycles. The Kier molecular flexibility index (Phi) is 5.99. The van der Waals surface area contributed by atoms with Crippen molar-refractivity contribution >= 4 is 24.0 Å². The summed E-state index contributed by atoms with van der Waals surface area (Å²) in [6, 6.07) is 4.61. The van der Waals surface area contributed by atoms with Gasteiger partial charge in [-0.3, -0.25) is 4.90 Å². The highest BCUT2D eigenvalue weighted by Gasteiger charge is 2.20. The molecule has 2 aliphatic rings. The number of nitrogens with one attached hydrogen (secondary N) is 1. The van der Waals surface area contributed by atoms with Gasteiger partial charge in [-0.2, -0.15) is 0 Å². The summed E-state index contributed by atoms with van der Waals surface area (Å²) in [5.41, 5.74) is 1.19. The van der Waals surface area contributed by atoms with E-state index in [4.69, 9.17) is 21.1 Å². The minimum absolute atomic E-state index is 0. The number of nitrogens with zero attached hydrogens (tertiary/aromatic N) is 1. The predicted octanol–water partition coefficient (Wildman–Crippen LogP) is 2.72. The molecule has 0 spiro atoms.